The van der Waals surface area contributed by atoms with Crippen molar-refractivity contribution in [3.63, 3.8) is 0 Å². The normalized spacial score (nSPS) is 15.5. The van der Waals surface area contributed by atoms with Gasteiger partial charge < -0.3 is 5.32 Å². The van der Waals surface area contributed by atoms with Gasteiger partial charge >= 0.3 is 0 Å². The van der Waals surface area contributed by atoms with Crippen molar-refractivity contribution >= 4 is 9.84 Å². The molecule has 0 saturated heterocycles. The molecule has 1 rings (SSSR count). The van der Waals surface area contributed by atoms with E-state index in [0.717, 1.165) is 12.1 Å². The lowest BCUT2D eigenvalue weighted by molar-refractivity contribution is 0.489. The molecule has 1 aromatic rings. The Morgan fingerprint density at radius 1 is 1.24 bits per heavy atom. The van der Waals surface area contributed by atoms with Crippen LogP contribution in [0.2, 0.25) is 0 Å². The van der Waals surface area contributed by atoms with Gasteiger partial charge in [0.2, 0.25) is 0 Å². The lowest BCUT2D eigenvalue weighted by atomic mass is 9.94. The van der Waals surface area contributed by atoms with E-state index in [0.29, 0.717) is 4.90 Å². The molecule has 4 heteroatoms. The van der Waals surface area contributed by atoms with Crippen molar-refractivity contribution in [3.8, 4) is 0 Å². The summed E-state index contributed by atoms with van der Waals surface area (Å²) in [5.74, 6) is 0.167. The SMILES string of the molecule is CCNC(C)C(C)c1ccccc1S(C)(=O)=O. The molecular formula is C13H21NO2S. The van der Waals surface area contributed by atoms with E-state index >= 15 is 0 Å². The van der Waals surface area contributed by atoms with Gasteiger partial charge in [-0.1, -0.05) is 32.0 Å². The van der Waals surface area contributed by atoms with Crippen LogP contribution in [0.15, 0.2) is 29.2 Å². The van der Waals surface area contributed by atoms with Crippen LogP contribution < -0.4 is 5.32 Å². The Bertz CT molecular complexity index is 468. The van der Waals surface area contributed by atoms with Crippen LogP contribution in [0.4, 0.5) is 0 Å². The summed E-state index contributed by atoms with van der Waals surface area (Å²) < 4.78 is 23.4. The standard InChI is InChI=1S/C13H21NO2S/c1-5-14-11(3)10(2)12-8-6-7-9-13(12)17(4,15)16/h6-11,14H,5H2,1-4H3. The molecule has 0 radical (unpaired) electrons. The topological polar surface area (TPSA) is 46.2 Å². The third-order valence-corrected chi connectivity index (χ3v) is 4.26. The molecule has 0 aromatic heterocycles. The second-order valence-corrected chi connectivity index (χ2v) is 6.43. The number of nitrogens with one attached hydrogen (secondary N) is 1. The van der Waals surface area contributed by atoms with Crippen LogP contribution in [0.3, 0.4) is 0 Å². The molecule has 0 aliphatic rings. The highest BCUT2D eigenvalue weighted by molar-refractivity contribution is 7.90. The van der Waals surface area contributed by atoms with Crippen molar-refractivity contribution in [2.45, 2.75) is 37.6 Å². The summed E-state index contributed by atoms with van der Waals surface area (Å²) in [5.41, 5.74) is 0.892. The monoisotopic (exact) mass is 255 g/mol. The molecule has 96 valence electrons. The van der Waals surface area contributed by atoms with Gasteiger partial charge in [0.1, 0.15) is 0 Å². The first-order valence-electron chi connectivity index (χ1n) is 5.90. The van der Waals surface area contributed by atoms with E-state index in [4.69, 9.17) is 0 Å². The smallest absolute Gasteiger partial charge is 0.175 e. The Morgan fingerprint density at radius 2 is 1.82 bits per heavy atom. The zero-order valence-corrected chi connectivity index (χ0v) is 11.7. The minimum Gasteiger partial charge on any atom is -0.314 e. The molecule has 0 heterocycles. The highest BCUT2D eigenvalue weighted by Gasteiger charge is 2.20. The first-order valence-corrected chi connectivity index (χ1v) is 7.79. The van der Waals surface area contributed by atoms with Crippen LogP contribution in [-0.2, 0) is 9.84 Å². The number of likely N-dealkylation sites (N-methyl/N-ethyl adjacent to an activating group) is 1. The van der Waals surface area contributed by atoms with E-state index in [9.17, 15) is 8.42 Å². The molecule has 0 spiro atoms. The third-order valence-electron chi connectivity index (χ3n) is 3.09. The molecule has 0 fully saturated rings. The Kier molecular flexibility index (Phi) is 4.71. The molecule has 3 nitrogen and oxygen atoms in total. The van der Waals surface area contributed by atoms with E-state index < -0.39 is 9.84 Å². The maximum absolute atomic E-state index is 11.7. The van der Waals surface area contributed by atoms with Crippen molar-refractivity contribution < 1.29 is 8.42 Å². The second-order valence-electron chi connectivity index (χ2n) is 4.45. The van der Waals surface area contributed by atoms with Crippen LogP contribution >= 0.6 is 0 Å². The summed E-state index contributed by atoms with van der Waals surface area (Å²) in [6, 6.07) is 7.49. The minimum absolute atomic E-state index is 0.167. The van der Waals surface area contributed by atoms with Crippen molar-refractivity contribution in [2.24, 2.45) is 0 Å². The Hall–Kier alpha value is -0.870. The molecular weight excluding hydrogens is 234 g/mol. The lowest BCUT2D eigenvalue weighted by Crippen LogP contribution is -2.31. The molecule has 0 bridgehead atoms. The number of sulfone groups is 1. The Morgan fingerprint density at radius 3 is 2.35 bits per heavy atom. The Balaban J connectivity index is 3.14. The van der Waals surface area contributed by atoms with Crippen LogP contribution in [-0.4, -0.2) is 27.3 Å². The van der Waals surface area contributed by atoms with Crippen molar-refractivity contribution in [1.82, 2.24) is 5.32 Å². The minimum atomic E-state index is -3.15. The average molecular weight is 255 g/mol. The van der Waals surface area contributed by atoms with Gasteiger partial charge in [0.05, 0.1) is 4.90 Å². The fraction of sp³-hybridized carbons (Fsp3) is 0.538. The van der Waals surface area contributed by atoms with Crippen molar-refractivity contribution in [1.29, 1.82) is 0 Å². The van der Waals surface area contributed by atoms with Crippen LogP contribution in [0.25, 0.3) is 0 Å². The van der Waals surface area contributed by atoms with E-state index in [-0.39, 0.29) is 12.0 Å². The summed E-state index contributed by atoms with van der Waals surface area (Å²) in [4.78, 5) is 0.442. The molecule has 0 aliphatic heterocycles. The number of rotatable bonds is 5. The van der Waals surface area contributed by atoms with Gasteiger partial charge in [0.25, 0.3) is 0 Å². The predicted octanol–water partition coefficient (Wildman–Crippen LogP) is 2.19. The summed E-state index contributed by atoms with van der Waals surface area (Å²) in [6.45, 7) is 7.06. The molecule has 1 N–H and O–H groups in total. The van der Waals surface area contributed by atoms with E-state index in [2.05, 4.69) is 19.2 Å². The molecule has 0 amide bonds. The first-order chi connectivity index (χ1) is 7.88. The fourth-order valence-electron chi connectivity index (χ4n) is 1.96. The number of benzene rings is 1. The van der Waals surface area contributed by atoms with Gasteiger partial charge in [0.15, 0.2) is 9.84 Å². The average Bonchev–Trinajstić information content (AvgIpc) is 2.27. The van der Waals surface area contributed by atoms with Gasteiger partial charge in [0, 0.05) is 12.3 Å². The third kappa shape index (κ3) is 3.54. The molecule has 17 heavy (non-hydrogen) atoms. The van der Waals surface area contributed by atoms with Gasteiger partial charge in [-0.05, 0) is 31.0 Å². The van der Waals surface area contributed by atoms with Crippen molar-refractivity contribution in [3.05, 3.63) is 29.8 Å². The molecule has 0 saturated carbocycles. The van der Waals surface area contributed by atoms with Crippen LogP contribution in [0.5, 0.6) is 0 Å². The number of hydrogen-bond acceptors (Lipinski definition) is 3. The number of hydrogen-bond donors (Lipinski definition) is 1. The Labute approximate surface area is 104 Å². The van der Waals surface area contributed by atoms with Gasteiger partial charge in [-0.3, -0.25) is 0 Å². The zero-order valence-electron chi connectivity index (χ0n) is 10.9. The largest absolute Gasteiger partial charge is 0.314 e. The summed E-state index contributed by atoms with van der Waals surface area (Å²) in [5, 5.41) is 3.33. The predicted molar refractivity (Wildman–Crippen MR) is 71.1 cm³/mol. The van der Waals surface area contributed by atoms with Crippen LogP contribution in [0, 0.1) is 0 Å². The highest BCUT2D eigenvalue weighted by Crippen LogP contribution is 2.26. The summed E-state index contributed by atoms with van der Waals surface area (Å²) >= 11 is 0. The first kappa shape index (κ1) is 14.2. The van der Waals surface area contributed by atoms with Gasteiger partial charge in [-0.15, -0.1) is 0 Å². The quantitative estimate of drug-likeness (QED) is 0.877. The van der Waals surface area contributed by atoms with E-state index in [1.165, 1.54) is 6.26 Å². The van der Waals surface area contributed by atoms with E-state index in [1.807, 2.05) is 19.1 Å². The highest BCUT2D eigenvalue weighted by atomic mass is 32.2. The lowest BCUT2D eigenvalue weighted by Gasteiger charge is -2.22. The summed E-state index contributed by atoms with van der Waals surface area (Å²) in [7, 11) is -3.15. The van der Waals surface area contributed by atoms with Crippen molar-refractivity contribution in [2.75, 3.05) is 12.8 Å². The molecule has 0 aliphatic carbocycles. The second kappa shape index (κ2) is 5.65. The van der Waals surface area contributed by atoms with Crippen LogP contribution in [0.1, 0.15) is 32.3 Å². The van der Waals surface area contributed by atoms with Gasteiger partial charge in [-0.2, -0.15) is 0 Å². The molecule has 1 aromatic carbocycles. The van der Waals surface area contributed by atoms with Gasteiger partial charge in [-0.25, -0.2) is 8.42 Å². The summed E-state index contributed by atoms with van der Waals surface area (Å²) in [6.07, 6.45) is 1.26. The van der Waals surface area contributed by atoms with E-state index in [1.54, 1.807) is 12.1 Å². The zero-order chi connectivity index (χ0) is 13.1. The maximum atomic E-state index is 11.7. The maximum Gasteiger partial charge on any atom is 0.175 e. The molecule has 2 atom stereocenters. The fourth-order valence-corrected chi connectivity index (χ4v) is 2.97. The molecule has 2 unspecified atom stereocenters.